The third kappa shape index (κ3) is 2.35. The van der Waals surface area contributed by atoms with Crippen LogP contribution in [0.15, 0.2) is 85.5 Å². The van der Waals surface area contributed by atoms with Crippen LogP contribution in [-0.4, -0.2) is 19.4 Å². The highest BCUT2D eigenvalue weighted by Gasteiger charge is 2.09. The van der Waals surface area contributed by atoms with E-state index in [4.69, 9.17) is 0 Å². The Hall–Kier alpha value is -3.53. The van der Waals surface area contributed by atoms with Crippen LogP contribution in [-0.2, 0) is 0 Å². The first-order chi connectivity index (χ1) is 12.4. The fraction of sp³-hybridized carbons (Fsp3) is 0. The van der Waals surface area contributed by atoms with Crippen molar-refractivity contribution in [1.29, 1.82) is 0 Å². The molecule has 0 atom stereocenters. The summed E-state index contributed by atoms with van der Waals surface area (Å²) in [5.41, 5.74) is 5.99. The van der Waals surface area contributed by atoms with Gasteiger partial charge in [-0.15, -0.1) is 0 Å². The first kappa shape index (κ1) is 13.9. The molecule has 0 radical (unpaired) electrons. The maximum atomic E-state index is 4.54. The van der Waals surface area contributed by atoms with E-state index >= 15 is 0 Å². The fourth-order valence-electron chi connectivity index (χ4n) is 3.10. The zero-order valence-electron chi connectivity index (χ0n) is 13.4. The standard InChI is InChI=1S/C21H14N4/c1-2-5-15(6-3-1)19-14-25-20(12-24-21(25)13-23-19)17-8-9-18-16(11-17)7-4-10-22-18/h1-14H. The molecule has 5 aromatic rings. The van der Waals surface area contributed by atoms with Gasteiger partial charge in [0.25, 0.3) is 0 Å². The van der Waals surface area contributed by atoms with Crippen molar-refractivity contribution in [3.63, 3.8) is 0 Å². The largest absolute Gasteiger partial charge is 0.296 e. The van der Waals surface area contributed by atoms with Crippen LogP contribution in [0.25, 0.3) is 39.1 Å². The smallest absolute Gasteiger partial charge is 0.155 e. The number of rotatable bonds is 2. The average molecular weight is 322 g/mol. The molecule has 0 aliphatic heterocycles. The number of nitrogens with zero attached hydrogens (tertiary/aromatic N) is 4. The van der Waals surface area contributed by atoms with E-state index in [0.717, 1.165) is 39.1 Å². The Morgan fingerprint density at radius 3 is 2.56 bits per heavy atom. The SMILES string of the molecule is c1ccc(-c2cn3c(-c4ccc5ncccc5c4)cnc3cn2)cc1. The molecule has 3 aromatic heterocycles. The molecule has 0 saturated carbocycles. The highest BCUT2D eigenvalue weighted by molar-refractivity contribution is 5.84. The van der Waals surface area contributed by atoms with E-state index < -0.39 is 0 Å². The lowest BCUT2D eigenvalue weighted by atomic mass is 10.1. The molecule has 0 fully saturated rings. The van der Waals surface area contributed by atoms with Gasteiger partial charge in [0.05, 0.1) is 29.3 Å². The van der Waals surface area contributed by atoms with Gasteiger partial charge in [-0.3, -0.25) is 14.4 Å². The van der Waals surface area contributed by atoms with E-state index in [0.29, 0.717) is 0 Å². The normalized spacial score (nSPS) is 11.2. The Labute approximate surface area is 144 Å². The topological polar surface area (TPSA) is 43.1 Å². The molecule has 4 nitrogen and oxygen atoms in total. The summed E-state index contributed by atoms with van der Waals surface area (Å²) in [4.78, 5) is 13.4. The molecule has 5 rings (SSSR count). The molecule has 4 heteroatoms. The molecule has 0 N–H and O–H groups in total. The Bertz CT molecular complexity index is 1190. The molecule has 3 heterocycles. The molecule has 0 bridgehead atoms. The summed E-state index contributed by atoms with van der Waals surface area (Å²) in [5, 5.41) is 1.12. The van der Waals surface area contributed by atoms with Crippen LogP contribution in [0.1, 0.15) is 0 Å². The highest BCUT2D eigenvalue weighted by Crippen LogP contribution is 2.26. The average Bonchev–Trinajstić information content (AvgIpc) is 3.11. The minimum absolute atomic E-state index is 0.834. The first-order valence-electron chi connectivity index (χ1n) is 8.12. The van der Waals surface area contributed by atoms with Crippen molar-refractivity contribution in [2.75, 3.05) is 0 Å². The lowest BCUT2D eigenvalue weighted by Gasteiger charge is -2.06. The van der Waals surface area contributed by atoms with Gasteiger partial charge in [-0.25, -0.2) is 4.98 Å². The van der Waals surface area contributed by atoms with Crippen molar-refractivity contribution in [2.45, 2.75) is 0 Å². The van der Waals surface area contributed by atoms with Gasteiger partial charge >= 0.3 is 0 Å². The Kier molecular flexibility index (Phi) is 3.07. The van der Waals surface area contributed by atoms with Gasteiger partial charge in [0.2, 0.25) is 0 Å². The predicted octanol–water partition coefficient (Wildman–Crippen LogP) is 4.61. The van der Waals surface area contributed by atoms with Crippen LogP contribution < -0.4 is 0 Å². The molecule has 0 aliphatic carbocycles. The summed E-state index contributed by atoms with van der Waals surface area (Å²) in [6.45, 7) is 0. The summed E-state index contributed by atoms with van der Waals surface area (Å²) < 4.78 is 2.09. The highest BCUT2D eigenvalue weighted by atomic mass is 15.0. The van der Waals surface area contributed by atoms with Crippen LogP contribution >= 0.6 is 0 Å². The van der Waals surface area contributed by atoms with E-state index in [2.05, 4.69) is 49.7 Å². The van der Waals surface area contributed by atoms with Gasteiger partial charge in [-0.2, -0.15) is 0 Å². The van der Waals surface area contributed by atoms with Crippen molar-refractivity contribution in [3.8, 4) is 22.5 Å². The molecule has 0 aliphatic rings. The van der Waals surface area contributed by atoms with E-state index in [9.17, 15) is 0 Å². The lowest BCUT2D eigenvalue weighted by molar-refractivity contribution is 1.14. The van der Waals surface area contributed by atoms with Crippen molar-refractivity contribution in [2.24, 2.45) is 0 Å². The molecular formula is C21H14N4. The van der Waals surface area contributed by atoms with E-state index in [-0.39, 0.29) is 0 Å². The molecule has 25 heavy (non-hydrogen) atoms. The molecule has 2 aromatic carbocycles. The lowest BCUT2D eigenvalue weighted by Crippen LogP contribution is -1.93. The zero-order valence-corrected chi connectivity index (χ0v) is 13.4. The van der Waals surface area contributed by atoms with Gasteiger partial charge < -0.3 is 0 Å². The molecular weight excluding hydrogens is 308 g/mol. The van der Waals surface area contributed by atoms with Gasteiger partial charge in [-0.05, 0) is 18.2 Å². The van der Waals surface area contributed by atoms with Crippen LogP contribution in [0.2, 0.25) is 0 Å². The van der Waals surface area contributed by atoms with Crippen LogP contribution in [0.5, 0.6) is 0 Å². The van der Waals surface area contributed by atoms with Crippen molar-refractivity contribution in [1.82, 2.24) is 19.4 Å². The molecule has 0 saturated heterocycles. The van der Waals surface area contributed by atoms with Crippen molar-refractivity contribution < 1.29 is 0 Å². The maximum Gasteiger partial charge on any atom is 0.155 e. The number of imidazole rings is 1. The Morgan fingerprint density at radius 1 is 0.720 bits per heavy atom. The van der Waals surface area contributed by atoms with Gasteiger partial charge in [0, 0.05) is 28.9 Å². The third-order valence-corrected chi connectivity index (χ3v) is 4.36. The summed E-state index contributed by atoms with van der Waals surface area (Å²) in [5.74, 6) is 0. The monoisotopic (exact) mass is 322 g/mol. The molecule has 0 unspecified atom stereocenters. The third-order valence-electron chi connectivity index (χ3n) is 4.36. The summed E-state index contributed by atoms with van der Waals surface area (Å²) in [7, 11) is 0. The molecule has 0 spiro atoms. The number of aromatic nitrogens is 4. The molecule has 118 valence electrons. The van der Waals surface area contributed by atoms with Crippen LogP contribution in [0.4, 0.5) is 0 Å². The Morgan fingerprint density at radius 2 is 1.64 bits per heavy atom. The van der Waals surface area contributed by atoms with E-state index in [1.165, 1.54) is 0 Å². The van der Waals surface area contributed by atoms with Gasteiger partial charge in [0.1, 0.15) is 0 Å². The van der Waals surface area contributed by atoms with Crippen LogP contribution in [0, 0.1) is 0 Å². The number of fused-ring (bicyclic) bond motifs is 2. The number of pyridine rings is 1. The molecule has 0 amide bonds. The second kappa shape index (κ2) is 5.53. The predicted molar refractivity (Wildman–Crippen MR) is 99.2 cm³/mol. The first-order valence-corrected chi connectivity index (χ1v) is 8.12. The van der Waals surface area contributed by atoms with E-state index in [1.807, 2.05) is 55.1 Å². The number of hydrogen-bond donors (Lipinski definition) is 0. The van der Waals surface area contributed by atoms with Gasteiger partial charge in [-0.1, -0.05) is 42.5 Å². The fourth-order valence-corrected chi connectivity index (χ4v) is 3.10. The summed E-state index contributed by atoms with van der Waals surface area (Å²) in [6, 6.07) is 20.5. The van der Waals surface area contributed by atoms with E-state index in [1.54, 1.807) is 0 Å². The van der Waals surface area contributed by atoms with Crippen molar-refractivity contribution in [3.05, 3.63) is 85.5 Å². The maximum absolute atomic E-state index is 4.54. The second-order valence-corrected chi connectivity index (χ2v) is 5.92. The minimum atomic E-state index is 0.834. The summed E-state index contributed by atoms with van der Waals surface area (Å²) >= 11 is 0. The number of hydrogen-bond acceptors (Lipinski definition) is 3. The second-order valence-electron chi connectivity index (χ2n) is 5.92. The number of benzene rings is 2. The quantitative estimate of drug-likeness (QED) is 0.476. The van der Waals surface area contributed by atoms with Gasteiger partial charge in [0.15, 0.2) is 5.65 Å². The van der Waals surface area contributed by atoms with Crippen LogP contribution in [0.3, 0.4) is 0 Å². The van der Waals surface area contributed by atoms with Crippen molar-refractivity contribution >= 4 is 16.6 Å². The summed E-state index contributed by atoms with van der Waals surface area (Å²) in [6.07, 6.45) is 7.56. The minimum Gasteiger partial charge on any atom is -0.296 e. The Balaban J connectivity index is 1.70. The zero-order chi connectivity index (χ0) is 16.6.